The van der Waals surface area contributed by atoms with Crippen molar-refractivity contribution in [1.82, 2.24) is 4.90 Å². The first-order valence-corrected chi connectivity index (χ1v) is 9.84. The van der Waals surface area contributed by atoms with Gasteiger partial charge in [0, 0.05) is 12.1 Å². The minimum atomic E-state index is -3.47. The van der Waals surface area contributed by atoms with Gasteiger partial charge in [0.25, 0.3) is 5.91 Å². The molecule has 0 atom stereocenters. The summed E-state index contributed by atoms with van der Waals surface area (Å²) in [4.78, 5) is 14.1. The van der Waals surface area contributed by atoms with Gasteiger partial charge in [-0.1, -0.05) is 30.7 Å². The van der Waals surface area contributed by atoms with Gasteiger partial charge in [-0.25, -0.2) is 8.42 Å². The van der Waals surface area contributed by atoms with Crippen LogP contribution in [-0.4, -0.2) is 45.2 Å². The molecule has 0 heterocycles. The topological polar surface area (TPSA) is 63.7 Å². The molecule has 2 aromatic carbocycles. The number of amides is 1. The van der Waals surface area contributed by atoms with E-state index in [4.69, 9.17) is 16.3 Å². The minimum absolute atomic E-state index is 0.0549. The number of carbonyl (C=O) groups excluding carboxylic acids is 1. The van der Waals surface area contributed by atoms with Crippen molar-refractivity contribution in [2.45, 2.75) is 11.8 Å². The van der Waals surface area contributed by atoms with E-state index in [2.05, 4.69) is 0 Å². The van der Waals surface area contributed by atoms with Crippen molar-refractivity contribution in [3.63, 3.8) is 0 Å². The number of sulfone groups is 1. The van der Waals surface area contributed by atoms with Crippen LogP contribution in [-0.2, 0) is 9.84 Å². The molecule has 0 saturated carbocycles. The number of likely N-dealkylation sites (N-methyl/N-ethyl adjacent to an activating group) is 1. The molecule has 0 spiro atoms. The summed E-state index contributed by atoms with van der Waals surface area (Å²) in [6.45, 7) is 2.16. The number of benzene rings is 2. The van der Waals surface area contributed by atoms with Gasteiger partial charge in [0.15, 0.2) is 9.84 Å². The second-order valence-electron chi connectivity index (χ2n) is 5.43. The first-order chi connectivity index (χ1) is 11.8. The zero-order valence-corrected chi connectivity index (χ0v) is 15.7. The molecule has 0 aliphatic rings. The first-order valence-electron chi connectivity index (χ1n) is 7.80. The zero-order valence-electron chi connectivity index (χ0n) is 14.1. The van der Waals surface area contributed by atoms with E-state index in [1.165, 1.54) is 17.0 Å². The molecule has 2 aromatic rings. The van der Waals surface area contributed by atoms with Gasteiger partial charge in [0.05, 0.1) is 22.8 Å². The molecule has 0 aliphatic carbocycles. The molecular formula is C18H20ClNO4S. The quantitative estimate of drug-likeness (QED) is 0.738. The molecular weight excluding hydrogens is 362 g/mol. The Balaban J connectivity index is 2.04. The van der Waals surface area contributed by atoms with Crippen LogP contribution in [0.4, 0.5) is 0 Å². The van der Waals surface area contributed by atoms with Crippen LogP contribution < -0.4 is 4.74 Å². The Labute approximate surface area is 153 Å². The monoisotopic (exact) mass is 381 g/mol. The van der Waals surface area contributed by atoms with E-state index < -0.39 is 9.84 Å². The van der Waals surface area contributed by atoms with Crippen LogP contribution in [0.5, 0.6) is 5.75 Å². The highest BCUT2D eigenvalue weighted by Gasteiger charge is 2.22. The summed E-state index contributed by atoms with van der Waals surface area (Å²) < 4.78 is 29.9. The SMILES string of the molecule is CCS(=O)(=O)c1ccccc1C(=O)N(C)CCOc1ccc(Cl)cc1. The Kier molecular flexibility index (Phi) is 6.45. The molecule has 25 heavy (non-hydrogen) atoms. The van der Waals surface area contributed by atoms with Gasteiger partial charge in [-0.05, 0) is 36.4 Å². The smallest absolute Gasteiger partial charge is 0.255 e. The van der Waals surface area contributed by atoms with Crippen molar-refractivity contribution in [1.29, 1.82) is 0 Å². The van der Waals surface area contributed by atoms with Crippen molar-refractivity contribution >= 4 is 27.3 Å². The summed E-state index contributed by atoms with van der Waals surface area (Å²) in [5.41, 5.74) is 0.179. The Morgan fingerprint density at radius 1 is 1.12 bits per heavy atom. The van der Waals surface area contributed by atoms with Crippen molar-refractivity contribution in [2.75, 3.05) is 26.0 Å². The standard InChI is InChI=1S/C18H20ClNO4S/c1-3-25(22,23)17-7-5-4-6-16(17)18(21)20(2)12-13-24-15-10-8-14(19)9-11-15/h4-11H,3,12-13H2,1-2H3. The van der Waals surface area contributed by atoms with Crippen LogP contribution in [0, 0.1) is 0 Å². The van der Waals surface area contributed by atoms with Gasteiger partial charge in [-0.2, -0.15) is 0 Å². The summed E-state index contributed by atoms with van der Waals surface area (Å²) in [5, 5.41) is 0.619. The Morgan fingerprint density at radius 3 is 2.40 bits per heavy atom. The second kappa shape index (κ2) is 8.36. The van der Waals surface area contributed by atoms with E-state index in [0.717, 1.165) is 0 Å². The van der Waals surface area contributed by atoms with Crippen LogP contribution in [0.3, 0.4) is 0 Å². The van der Waals surface area contributed by atoms with E-state index in [0.29, 0.717) is 17.3 Å². The van der Waals surface area contributed by atoms with Gasteiger partial charge >= 0.3 is 0 Å². The zero-order chi connectivity index (χ0) is 18.4. The third kappa shape index (κ3) is 4.96. The third-order valence-electron chi connectivity index (χ3n) is 3.69. The fourth-order valence-electron chi connectivity index (χ4n) is 2.21. The predicted molar refractivity (Wildman–Crippen MR) is 98.1 cm³/mol. The summed E-state index contributed by atoms with van der Waals surface area (Å²) >= 11 is 5.81. The van der Waals surface area contributed by atoms with E-state index in [9.17, 15) is 13.2 Å². The average molecular weight is 382 g/mol. The van der Waals surface area contributed by atoms with Gasteiger partial charge in [0.2, 0.25) is 0 Å². The maximum atomic E-state index is 12.6. The highest BCUT2D eigenvalue weighted by molar-refractivity contribution is 7.91. The lowest BCUT2D eigenvalue weighted by Crippen LogP contribution is -2.32. The maximum Gasteiger partial charge on any atom is 0.255 e. The van der Waals surface area contributed by atoms with Crippen molar-refractivity contribution < 1.29 is 17.9 Å². The van der Waals surface area contributed by atoms with Crippen LogP contribution in [0.25, 0.3) is 0 Å². The predicted octanol–water partition coefficient (Wildman–Crippen LogP) is 3.28. The van der Waals surface area contributed by atoms with Gasteiger partial charge in [-0.15, -0.1) is 0 Å². The molecule has 7 heteroatoms. The molecule has 0 aromatic heterocycles. The van der Waals surface area contributed by atoms with Crippen LogP contribution in [0.15, 0.2) is 53.4 Å². The number of nitrogens with zero attached hydrogens (tertiary/aromatic N) is 1. The molecule has 0 unspecified atom stereocenters. The van der Waals surface area contributed by atoms with E-state index in [1.54, 1.807) is 50.4 Å². The maximum absolute atomic E-state index is 12.6. The number of carbonyl (C=O) groups is 1. The fourth-order valence-corrected chi connectivity index (χ4v) is 3.42. The summed E-state index contributed by atoms with van der Waals surface area (Å²) in [7, 11) is -1.85. The van der Waals surface area contributed by atoms with Crippen molar-refractivity contribution in [3.8, 4) is 5.75 Å². The van der Waals surface area contributed by atoms with Crippen LogP contribution >= 0.6 is 11.6 Å². The number of hydrogen-bond donors (Lipinski definition) is 0. The lowest BCUT2D eigenvalue weighted by Gasteiger charge is -2.19. The molecule has 0 fully saturated rings. The number of hydrogen-bond acceptors (Lipinski definition) is 4. The molecule has 1 amide bonds. The lowest BCUT2D eigenvalue weighted by molar-refractivity contribution is 0.0770. The number of halogens is 1. The normalized spacial score (nSPS) is 11.2. The lowest BCUT2D eigenvalue weighted by atomic mass is 10.2. The number of rotatable bonds is 7. The van der Waals surface area contributed by atoms with E-state index >= 15 is 0 Å². The fraction of sp³-hybridized carbons (Fsp3) is 0.278. The first kappa shape index (κ1) is 19.3. The molecule has 0 saturated heterocycles. The average Bonchev–Trinajstić information content (AvgIpc) is 2.62. The summed E-state index contributed by atoms with van der Waals surface area (Å²) in [5.74, 6) is 0.243. The largest absolute Gasteiger partial charge is 0.492 e. The highest BCUT2D eigenvalue weighted by atomic mass is 35.5. The molecule has 2 rings (SSSR count). The molecule has 0 radical (unpaired) electrons. The van der Waals surface area contributed by atoms with Crippen molar-refractivity contribution in [3.05, 3.63) is 59.1 Å². The molecule has 0 bridgehead atoms. The Morgan fingerprint density at radius 2 is 1.76 bits per heavy atom. The number of ether oxygens (including phenoxy) is 1. The minimum Gasteiger partial charge on any atom is -0.492 e. The molecule has 0 aliphatic heterocycles. The van der Waals surface area contributed by atoms with Crippen LogP contribution in [0.1, 0.15) is 17.3 Å². The van der Waals surface area contributed by atoms with Crippen molar-refractivity contribution in [2.24, 2.45) is 0 Å². The highest BCUT2D eigenvalue weighted by Crippen LogP contribution is 2.19. The third-order valence-corrected chi connectivity index (χ3v) is 5.73. The molecule has 0 N–H and O–H groups in total. The Hall–Kier alpha value is -2.05. The molecule has 134 valence electrons. The van der Waals surface area contributed by atoms with Gasteiger partial charge < -0.3 is 9.64 Å². The van der Waals surface area contributed by atoms with Gasteiger partial charge in [-0.3, -0.25) is 4.79 Å². The van der Waals surface area contributed by atoms with E-state index in [-0.39, 0.29) is 28.7 Å². The second-order valence-corrected chi connectivity index (χ2v) is 8.11. The van der Waals surface area contributed by atoms with Crippen LogP contribution in [0.2, 0.25) is 5.02 Å². The summed E-state index contributed by atoms with van der Waals surface area (Å²) in [6, 6.07) is 13.2. The van der Waals surface area contributed by atoms with Gasteiger partial charge in [0.1, 0.15) is 12.4 Å². The van der Waals surface area contributed by atoms with E-state index in [1.807, 2.05) is 0 Å². The summed E-state index contributed by atoms with van der Waals surface area (Å²) in [6.07, 6.45) is 0. The Bertz CT molecular complexity index is 834. The molecule has 5 nitrogen and oxygen atoms in total.